The summed E-state index contributed by atoms with van der Waals surface area (Å²) in [4.78, 5) is 11.5. The van der Waals surface area contributed by atoms with Crippen LogP contribution in [0.5, 0.6) is 0 Å². The Morgan fingerprint density at radius 1 is 1.12 bits per heavy atom. The fourth-order valence-corrected chi connectivity index (χ4v) is 8.84. The van der Waals surface area contributed by atoms with Crippen LogP contribution in [0.2, 0.25) is 0 Å². The highest BCUT2D eigenvalue weighted by Crippen LogP contribution is 2.67. The van der Waals surface area contributed by atoms with Gasteiger partial charge in [0.2, 0.25) is 0 Å². The van der Waals surface area contributed by atoms with Crippen LogP contribution in [-0.4, -0.2) is 12.1 Å². The average Bonchev–Trinajstić information content (AvgIpc) is 3.08. The van der Waals surface area contributed by atoms with E-state index in [1.807, 2.05) is 0 Å². The summed E-state index contributed by atoms with van der Waals surface area (Å²) in [5.74, 6) is 4.76. The van der Waals surface area contributed by atoms with Gasteiger partial charge in [0.05, 0.1) is 0 Å². The Labute approximate surface area is 197 Å². The molecule has 0 N–H and O–H groups in total. The van der Waals surface area contributed by atoms with Gasteiger partial charge in [0, 0.05) is 13.3 Å². The van der Waals surface area contributed by atoms with Crippen molar-refractivity contribution in [1.29, 1.82) is 0 Å². The SMILES string of the molecule is C=C(CC[C@@H](C)[C@H]1CC[C@H]2[C@@H]3CC=C4C[C@H](OC(C)=O)CC[C@]4(C)[C@H]3CC[C@]12C)C(C)C. The van der Waals surface area contributed by atoms with E-state index in [-0.39, 0.29) is 12.1 Å². The van der Waals surface area contributed by atoms with Gasteiger partial charge in [-0.3, -0.25) is 4.79 Å². The second-order valence-corrected chi connectivity index (χ2v) is 12.8. The summed E-state index contributed by atoms with van der Waals surface area (Å²) in [5.41, 5.74) is 3.90. The lowest BCUT2D eigenvalue weighted by Crippen LogP contribution is -2.51. The van der Waals surface area contributed by atoms with Gasteiger partial charge in [0.1, 0.15) is 6.10 Å². The van der Waals surface area contributed by atoms with E-state index < -0.39 is 0 Å². The summed E-state index contributed by atoms with van der Waals surface area (Å²) in [7, 11) is 0. The number of fused-ring (bicyclic) bond motifs is 5. The molecule has 0 unspecified atom stereocenters. The van der Waals surface area contributed by atoms with Crippen LogP contribution in [0.1, 0.15) is 106 Å². The topological polar surface area (TPSA) is 26.3 Å². The smallest absolute Gasteiger partial charge is 0.302 e. The highest BCUT2D eigenvalue weighted by molar-refractivity contribution is 5.66. The van der Waals surface area contributed by atoms with Crippen LogP contribution in [0.25, 0.3) is 0 Å². The Bertz CT molecular complexity index is 763. The lowest BCUT2D eigenvalue weighted by Gasteiger charge is -2.58. The molecule has 0 aromatic rings. The van der Waals surface area contributed by atoms with E-state index in [0.29, 0.717) is 16.7 Å². The van der Waals surface area contributed by atoms with E-state index in [0.717, 1.165) is 42.4 Å². The number of rotatable bonds is 6. The third-order valence-electron chi connectivity index (χ3n) is 10.9. The molecule has 0 aromatic heterocycles. The number of allylic oxidation sites excluding steroid dienone is 2. The molecule has 32 heavy (non-hydrogen) atoms. The van der Waals surface area contributed by atoms with Crippen molar-refractivity contribution in [2.45, 2.75) is 112 Å². The van der Waals surface area contributed by atoms with Crippen molar-refractivity contribution < 1.29 is 9.53 Å². The minimum absolute atomic E-state index is 0.106. The summed E-state index contributed by atoms with van der Waals surface area (Å²) < 4.78 is 5.62. The first kappa shape index (κ1) is 24.1. The van der Waals surface area contributed by atoms with Gasteiger partial charge in [0.25, 0.3) is 0 Å². The molecule has 2 heteroatoms. The molecule has 3 fully saturated rings. The standard InChI is InChI=1S/C30H48O2/c1-19(2)20(3)8-9-21(4)26-12-13-27-25-11-10-23-18-24(32-22(5)31)14-16-29(23,6)28(25)15-17-30(26,27)7/h10,19,21,24-28H,3,8-9,11-18H2,1-2,4-7H3/t21-,24-,25+,26-,27+,28+,29+,30-/m1/s1. The molecule has 0 aliphatic heterocycles. The number of ether oxygens (including phenoxy) is 1. The van der Waals surface area contributed by atoms with Crippen LogP contribution >= 0.6 is 0 Å². The predicted molar refractivity (Wildman–Crippen MR) is 133 cm³/mol. The Morgan fingerprint density at radius 2 is 1.88 bits per heavy atom. The lowest BCUT2D eigenvalue weighted by molar-refractivity contribution is -0.148. The van der Waals surface area contributed by atoms with Crippen LogP contribution in [-0.2, 0) is 9.53 Å². The molecule has 180 valence electrons. The highest BCUT2D eigenvalue weighted by atomic mass is 16.5. The molecule has 0 heterocycles. The van der Waals surface area contributed by atoms with Crippen molar-refractivity contribution in [2.24, 2.45) is 46.3 Å². The van der Waals surface area contributed by atoms with E-state index in [9.17, 15) is 4.79 Å². The fourth-order valence-electron chi connectivity index (χ4n) is 8.84. The zero-order valence-corrected chi connectivity index (χ0v) is 21.7. The Morgan fingerprint density at radius 3 is 2.56 bits per heavy atom. The maximum Gasteiger partial charge on any atom is 0.302 e. The summed E-state index contributed by atoms with van der Waals surface area (Å²) in [5, 5.41) is 0. The molecule has 0 bridgehead atoms. The summed E-state index contributed by atoms with van der Waals surface area (Å²) in [6.45, 7) is 18.2. The van der Waals surface area contributed by atoms with Gasteiger partial charge in [-0.05, 0) is 104 Å². The molecule has 0 aromatic carbocycles. The van der Waals surface area contributed by atoms with Gasteiger partial charge in [-0.1, -0.05) is 58.4 Å². The van der Waals surface area contributed by atoms with Crippen molar-refractivity contribution >= 4 is 5.97 Å². The van der Waals surface area contributed by atoms with Gasteiger partial charge in [-0.2, -0.15) is 0 Å². The van der Waals surface area contributed by atoms with Crippen molar-refractivity contribution in [3.63, 3.8) is 0 Å². The van der Waals surface area contributed by atoms with Crippen LogP contribution in [0.4, 0.5) is 0 Å². The third-order valence-corrected chi connectivity index (χ3v) is 10.9. The van der Waals surface area contributed by atoms with Crippen molar-refractivity contribution in [2.75, 3.05) is 0 Å². The average molecular weight is 441 g/mol. The first-order valence-electron chi connectivity index (χ1n) is 13.6. The molecule has 0 amide bonds. The van der Waals surface area contributed by atoms with Gasteiger partial charge >= 0.3 is 5.97 Å². The van der Waals surface area contributed by atoms with E-state index in [4.69, 9.17) is 4.74 Å². The number of hydrogen-bond donors (Lipinski definition) is 0. The molecule has 4 rings (SSSR count). The molecule has 3 saturated carbocycles. The quantitative estimate of drug-likeness (QED) is 0.308. The van der Waals surface area contributed by atoms with Gasteiger partial charge in [0.15, 0.2) is 0 Å². The minimum Gasteiger partial charge on any atom is -0.462 e. The minimum atomic E-state index is -0.121. The number of carbonyl (C=O) groups excluding carboxylic acids is 1. The summed E-state index contributed by atoms with van der Waals surface area (Å²) in [6.07, 6.45) is 15.4. The van der Waals surface area contributed by atoms with Crippen molar-refractivity contribution in [1.82, 2.24) is 0 Å². The third kappa shape index (κ3) is 4.14. The van der Waals surface area contributed by atoms with Crippen molar-refractivity contribution in [3.05, 3.63) is 23.8 Å². The molecule has 8 atom stereocenters. The maximum absolute atomic E-state index is 11.5. The van der Waals surface area contributed by atoms with E-state index >= 15 is 0 Å². The van der Waals surface area contributed by atoms with Gasteiger partial charge < -0.3 is 4.74 Å². The maximum atomic E-state index is 11.5. The van der Waals surface area contributed by atoms with Crippen molar-refractivity contribution in [3.8, 4) is 0 Å². The van der Waals surface area contributed by atoms with E-state index in [1.54, 1.807) is 12.5 Å². The molecule has 4 aliphatic rings. The number of esters is 1. The van der Waals surface area contributed by atoms with Crippen LogP contribution in [0, 0.1) is 46.3 Å². The van der Waals surface area contributed by atoms with Gasteiger partial charge in [-0.25, -0.2) is 0 Å². The first-order chi connectivity index (χ1) is 15.1. The van der Waals surface area contributed by atoms with Gasteiger partial charge in [-0.15, -0.1) is 0 Å². The molecule has 0 spiro atoms. The Balaban J connectivity index is 1.47. The molecule has 0 saturated heterocycles. The van der Waals surface area contributed by atoms with Crippen LogP contribution in [0.15, 0.2) is 23.8 Å². The van der Waals surface area contributed by atoms with Crippen LogP contribution in [0.3, 0.4) is 0 Å². The number of hydrogen-bond acceptors (Lipinski definition) is 2. The summed E-state index contributed by atoms with van der Waals surface area (Å²) >= 11 is 0. The second-order valence-electron chi connectivity index (χ2n) is 12.8. The largest absolute Gasteiger partial charge is 0.462 e. The fraction of sp³-hybridized carbons (Fsp3) is 0.833. The normalized spacial score (nSPS) is 41.8. The lowest BCUT2D eigenvalue weighted by atomic mass is 9.47. The molecule has 0 radical (unpaired) electrons. The Hall–Kier alpha value is -1.05. The number of carbonyl (C=O) groups is 1. The second kappa shape index (κ2) is 8.95. The van der Waals surface area contributed by atoms with E-state index in [2.05, 4.69) is 47.3 Å². The Kier molecular flexibility index (Phi) is 6.74. The summed E-state index contributed by atoms with van der Waals surface area (Å²) in [6, 6.07) is 0. The zero-order chi connectivity index (χ0) is 23.3. The predicted octanol–water partition coefficient (Wildman–Crippen LogP) is 8.13. The first-order valence-corrected chi connectivity index (χ1v) is 13.6. The monoisotopic (exact) mass is 440 g/mol. The van der Waals surface area contributed by atoms with Crippen LogP contribution < -0.4 is 0 Å². The highest BCUT2D eigenvalue weighted by Gasteiger charge is 2.59. The molecule has 4 aliphatic carbocycles. The zero-order valence-electron chi connectivity index (χ0n) is 21.7. The molecular weight excluding hydrogens is 392 g/mol. The van der Waals surface area contributed by atoms with E-state index in [1.165, 1.54) is 56.9 Å². The molecular formula is C30H48O2. The molecule has 2 nitrogen and oxygen atoms in total.